The van der Waals surface area contributed by atoms with Crippen LogP contribution in [0.2, 0.25) is 0 Å². The first-order valence-electron chi connectivity index (χ1n) is 50.6. The molecular formula is C87H66N4OSi2. The minimum Gasteiger partial charge on any atom is -0.458 e. The number of pyridine rings is 1. The molecule has 0 bridgehead atoms. The van der Waals surface area contributed by atoms with E-state index in [2.05, 4.69) is 11.3 Å². The third kappa shape index (κ3) is 9.75. The van der Waals surface area contributed by atoms with Gasteiger partial charge in [0.1, 0.15) is 17.3 Å². The number of nitrogens with zero attached hydrogens (tertiary/aromatic N) is 4. The molecule has 0 saturated carbocycles. The fraction of sp³-hybridized carbons (Fsp3) is 0.0345. The van der Waals surface area contributed by atoms with Gasteiger partial charge >= 0.3 is 0 Å². The highest BCUT2D eigenvalue weighted by Crippen LogP contribution is 2.37. The minimum atomic E-state index is -6.99. The first-order valence-corrected chi connectivity index (χ1v) is 32.6. The Morgan fingerprint density at radius 1 is 0.415 bits per heavy atom. The van der Waals surface area contributed by atoms with Crippen LogP contribution in [0.5, 0.6) is 11.5 Å². The minimum absolute atomic E-state index is 0.0188. The van der Waals surface area contributed by atoms with E-state index < -0.39 is 329 Å². The zero-order valence-electron chi connectivity index (χ0n) is 92.4. The molecule has 0 amide bonds. The number of hydrogen-bond donors (Lipinski definition) is 0. The SMILES string of the molecule is [2H]c1c([2H])c([2H])c(-c2cnc(-n3c4ccccc4c4ccc(Oc5cccc(-n6[c-][n+](-c7c([Si](c8c([2H])c([2H])c([2H])c([2H])c8[2H])(c8c([2H])c([2H])c([2H])c([2H])c8[2H])c8c([2H])c([2H])c([2H])c([2H])c8[2H])cccc7[Si](c7c([2H])c([2H])c([2H])c([2H])c7[2H])(c7c([2H])c([2H])c([2H])c([2H])c7[2H])c7c([2H])c([2H])c([2H])c([2H])c7[2H])c7ccc(-c8c(C([2H])([2H])[2H])cccc8C([2H])([2H])[2H])cc76)c5)cc43)cc2C([2H])([2H])[2H])c([2H])c1[2H]. The molecule has 3 aromatic heterocycles. The predicted octanol–water partition coefficient (Wildman–Crippen LogP) is 15.0. The van der Waals surface area contributed by atoms with E-state index in [0.29, 0.717) is 16.3 Å². The topological polar surface area (TPSA) is 35.9 Å². The fourth-order valence-electron chi connectivity index (χ4n) is 12.3. The Kier molecular flexibility index (Phi) is 7.07. The van der Waals surface area contributed by atoms with Crippen LogP contribution >= 0.6 is 0 Å². The van der Waals surface area contributed by atoms with Crippen LogP contribution in [0.1, 0.15) is 77.0 Å². The highest BCUT2D eigenvalue weighted by molar-refractivity contribution is 7.22. The largest absolute Gasteiger partial charge is 0.458 e. The molecule has 0 fully saturated rings. The van der Waals surface area contributed by atoms with E-state index in [1.54, 1.807) is 34.9 Å². The predicted molar refractivity (Wildman–Crippen MR) is 395 cm³/mol. The van der Waals surface area contributed by atoms with Gasteiger partial charge in [0.2, 0.25) is 0 Å². The summed E-state index contributed by atoms with van der Waals surface area (Å²) < 4.78 is 429. The maximum atomic E-state index is 10.4. The van der Waals surface area contributed by atoms with Crippen LogP contribution in [-0.2, 0) is 0 Å². The number of fused-ring (bicyclic) bond motifs is 4. The molecule has 0 aliphatic heterocycles. The standard InChI is InChI=1S/C87H66N4OSi2/c1-62-30-27-31-63(2)86(62)66-52-55-80-82(57-66)89(67-34-28-35-68(58-67)92-69-53-54-77-76-48-25-26-49-79(76)91(81(77)59-69)85-56-64(3)78(60-88-85)65-32-11-4-12-33-65)61-90(80)87-83(93(70-36-13-5-14-37-70,71-38-15-6-16-39-71)72-40-17-7-18-41-72)50-29-51-84(87)94(73-42-19-8-20-43-73,74-44-21-9-22-45-74)75-46-23-10-24-47-75/h4-60H,1-3H3/i1D3,2D3,3D3,4D,5D,6D,7D,8D,9D,10D,11D,12D,13D,14D,15D,16D,17D,18D,19D,20D,21D,22D,23D,24D,32D,33D,36D,37D,38D,39D,40D,41D,42D,43D,44D,45D,46D,47D. The molecule has 3 heterocycles. The lowest BCUT2D eigenvalue weighted by Crippen LogP contribution is -2.80. The van der Waals surface area contributed by atoms with Crippen molar-refractivity contribution in [2.24, 2.45) is 0 Å². The molecule has 13 aromatic carbocycles. The van der Waals surface area contributed by atoms with Crippen LogP contribution in [-0.4, -0.2) is 30.3 Å². The summed E-state index contributed by atoms with van der Waals surface area (Å²) in [5.41, 5.74) is -4.57. The smallest absolute Gasteiger partial charge is 0.269 e. The average Bonchev–Trinajstić information content (AvgIpc) is 0.927. The summed E-state index contributed by atoms with van der Waals surface area (Å²) in [5, 5.41) is -8.46. The van der Waals surface area contributed by atoms with Crippen LogP contribution in [0, 0.1) is 26.9 Å². The molecule has 0 saturated heterocycles. The molecule has 0 atom stereocenters. The number of aromatic nitrogens is 4. The lowest BCUT2D eigenvalue weighted by Gasteiger charge is -2.40. The molecular weight excluding hydrogens is 1170 g/mol. The lowest BCUT2D eigenvalue weighted by molar-refractivity contribution is -0.570. The normalized spacial score (nSPS) is 18.8. The molecule has 16 rings (SSSR count). The van der Waals surface area contributed by atoms with E-state index in [4.69, 9.17) is 23.9 Å². The van der Waals surface area contributed by atoms with Gasteiger partial charge in [-0.05, 0) is 144 Å². The summed E-state index contributed by atoms with van der Waals surface area (Å²) in [6.45, 7) is -9.43. The zero-order chi connectivity index (χ0) is 101. The quantitative estimate of drug-likeness (QED) is 0.0444. The molecule has 448 valence electrons. The molecule has 94 heavy (non-hydrogen) atoms. The Bertz CT molecular complexity index is 7240. The molecule has 0 unspecified atom stereocenters. The van der Waals surface area contributed by atoms with Gasteiger partial charge in [0, 0.05) is 40.9 Å². The van der Waals surface area contributed by atoms with E-state index in [-0.39, 0.29) is 45.2 Å². The average molecular weight is 1280 g/mol. The summed E-state index contributed by atoms with van der Waals surface area (Å²) in [6, 6.07) is -15.9. The Morgan fingerprint density at radius 3 is 1.45 bits per heavy atom. The van der Waals surface area contributed by atoms with Crippen molar-refractivity contribution in [1.29, 1.82) is 0 Å². The van der Waals surface area contributed by atoms with E-state index in [9.17, 15) is 41.1 Å². The van der Waals surface area contributed by atoms with Crippen LogP contribution < -0.4 is 50.8 Å². The maximum Gasteiger partial charge on any atom is 0.269 e. The first-order chi connectivity index (χ1) is 64.5. The second-order valence-corrected chi connectivity index (χ2v) is 28.2. The van der Waals surface area contributed by atoms with E-state index in [1.165, 1.54) is 54.6 Å². The molecule has 7 heteroatoms. The van der Waals surface area contributed by atoms with Gasteiger partial charge in [-0.1, -0.05) is 284 Å². The molecule has 5 nitrogen and oxygen atoms in total. The third-order valence-electron chi connectivity index (χ3n) is 16.2. The Hall–Kier alpha value is -11.5. The van der Waals surface area contributed by atoms with Crippen LogP contribution in [0.25, 0.3) is 72.3 Å². The number of aryl methyl sites for hydroxylation is 3. The van der Waals surface area contributed by atoms with Gasteiger partial charge in [-0.15, -0.1) is 0 Å². The molecule has 0 N–H and O–H groups in total. The van der Waals surface area contributed by atoms with Gasteiger partial charge in [0.25, 0.3) is 6.33 Å². The summed E-state index contributed by atoms with van der Waals surface area (Å²) in [7, 11) is -14.0. The number of hydrogen-bond acceptors (Lipinski definition) is 2. The molecule has 16 aromatic rings. The van der Waals surface area contributed by atoms with Crippen LogP contribution in [0.15, 0.2) is 345 Å². The number of rotatable bonds is 15. The Morgan fingerprint density at radius 2 is 0.904 bits per heavy atom. The summed E-state index contributed by atoms with van der Waals surface area (Å²) in [4.78, 5) is 4.68. The molecule has 0 aliphatic rings. The van der Waals surface area contributed by atoms with Gasteiger partial charge in [0.05, 0.1) is 81.4 Å². The number of imidazole rings is 1. The monoisotopic (exact) mass is 1280 g/mol. The van der Waals surface area contributed by atoms with Crippen molar-refractivity contribution < 1.29 is 69.6 Å². The van der Waals surface area contributed by atoms with Gasteiger partial charge in [-0.3, -0.25) is 13.7 Å². The second-order valence-electron chi connectivity index (χ2n) is 21.1. The van der Waals surface area contributed by atoms with Crippen molar-refractivity contribution >= 4 is 90.5 Å². The van der Waals surface area contributed by atoms with E-state index >= 15 is 0 Å². The van der Waals surface area contributed by atoms with E-state index in [1.807, 2.05) is 0 Å². The van der Waals surface area contributed by atoms with Gasteiger partial charge in [-0.2, -0.15) is 0 Å². The summed E-state index contributed by atoms with van der Waals surface area (Å²) in [5.74, 6) is -0.233. The molecule has 0 spiro atoms. The Labute approximate surface area is 612 Å². The highest BCUT2D eigenvalue weighted by atomic mass is 28.3. The van der Waals surface area contributed by atoms with Crippen molar-refractivity contribution in [1.82, 2.24) is 14.1 Å². The molecule has 0 aliphatic carbocycles. The fourth-order valence-corrected chi connectivity index (χ4v) is 20.4. The van der Waals surface area contributed by atoms with Crippen molar-refractivity contribution in [3.8, 4) is 50.9 Å². The van der Waals surface area contributed by atoms with Gasteiger partial charge in [0.15, 0.2) is 16.1 Å². The summed E-state index contributed by atoms with van der Waals surface area (Å²) >= 11 is 0. The highest BCUT2D eigenvalue weighted by Gasteiger charge is 2.48. The summed E-state index contributed by atoms with van der Waals surface area (Å²) in [6.07, 6.45) is 4.28. The lowest BCUT2D eigenvalue weighted by atomic mass is 9.95. The van der Waals surface area contributed by atoms with Crippen LogP contribution in [0.3, 0.4) is 0 Å². The van der Waals surface area contributed by atoms with E-state index in [0.717, 1.165) is 57.8 Å². The number of para-hydroxylation sites is 2. The zero-order valence-corrected chi connectivity index (χ0v) is 50.4. The van der Waals surface area contributed by atoms with Gasteiger partial charge in [-0.25, -0.2) is 4.98 Å². The number of ether oxygens (including phenoxy) is 1. The van der Waals surface area contributed by atoms with Crippen molar-refractivity contribution in [2.75, 3.05) is 0 Å². The third-order valence-corrected chi connectivity index (χ3v) is 24.6. The first kappa shape index (κ1) is 27.4. The van der Waals surface area contributed by atoms with Gasteiger partial charge < -0.3 is 4.74 Å². The molecule has 0 radical (unpaired) electrons. The number of benzene rings is 13. The second kappa shape index (κ2) is 24.3. The van der Waals surface area contributed by atoms with Crippen LogP contribution in [0.4, 0.5) is 0 Å². The maximum absolute atomic E-state index is 10.4. The van der Waals surface area contributed by atoms with Crippen molar-refractivity contribution in [3.05, 3.63) is 368 Å². The Balaban J connectivity index is 1.15. The van der Waals surface area contributed by atoms with Crippen molar-refractivity contribution in [2.45, 2.75) is 20.6 Å². The van der Waals surface area contributed by atoms with Crippen molar-refractivity contribution in [3.63, 3.8) is 0 Å².